The maximum Gasteiger partial charge on any atom is 0.264 e. The van der Waals surface area contributed by atoms with Gasteiger partial charge in [0, 0.05) is 25.1 Å². The van der Waals surface area contributed by atoms with Crippen molar-refractivity contribution in [3.05, 3.63) is 126 Å². The number of hydrogen-bond acceptors (Lipinski definition) is 5. The van der Waals surface area contributed by atoms with Gasteiger partial charge in [0.15, 0.2) is 0 Å². The second-order valence-corrected chi connectivity index (χ2v) is 12.8. The Morgan fingerprint density at radius 2 is 1.44 bits per heavy atom. The summed E-state index contributed by atoms with van der Waals surface area (Å²) in [5, 5.41) is 2.92. The number of carbonyl (C=O) groups excluding carboxylic acids is 2. The molecule has 0 heterocycles. The number of hydrogen-bond donors (Lipinski definition) is 1. The van der Waals surface area contributed by atoms with Crippen molar-refractivity contribution < 1.29 is 27.1 Å². The quantitative estimate of drug-likeness (QED) is 0.200. The second-order valence-electron chi connectivity index (χ2n) is 11.0. The Balaban J connectivity index is 1.80. The molecule has 10 heteroatoms. The van der Waals surface area contributed by atoms with E-state index < -0.39 is 40.2 Å². The first-order valence-electron chi connectivity index (χ1n) is 14.7. The van der Waals surface area contributed by atoms with Crippen LogP contribution in [0.5, 0.6) is 5.75 Å². The summed E-state index contributed by atoms with van der Waals surface area (Å²) < 4.78 is 49.3. The van der Waals surface area contributed by atoms with Crippen LogP contribution in [-0.4, -0.2) is 51.4 Å². The molecule has 236 valence electrons. The van der Waals surface area contributed by atoms with Crippen molar-refractivity contribution in [1.29, 1.82) is 0 Å². The summed E-state index contributed by atoms with van der Waals surface area (Å²) in [4.78, 5) is 29.5. The summed E-state index contributed by atoms with van der Waals surface area (Å²) in [6, 6.07) is 28.2. The van der Waals surface area contributed by atoms with Gasteiger partial charge in [0.25, 0.3) is 10.0 Å². The summed E-state index contributed by atoms with van der Waals surface area (Å²) >= 11 is 0. The smallest absolute Gasteiger partial charge is 0.264 e. The van der Waals surface area contributed by atoms with Crippen LogP contribution in [0.2, 0.25) is 0 Å². The summed E-state index contributed by atoms with van der Waals surface area (Å²) in [6.45, 7) is 3.39. The predicted molar refractivity (Wildman–Crippen MR) is 173 cm³/mol. The van der Waals surface area contributed by atoms with Gasteiger partial charge in [0.2, 0.25) is 11.8 Å². The van der Waals surface area contributed by atoms with Gasteiger partial charge in [0.05, 0.1) is 17.7 Å². The van der Waals surface area contributed by atoms with E-state index in [0.717, 1.165) is 9.87 Å². The van der Waals surface area contributed by atoms with E-state index in [1.54, 1.807) is 60.7 Å². The van der Waals surface area contributed by atoms with Gasteiger partial charge in [-0.15, -0.1) is 0 Å². The first-order valence-corrected chi connectivity index (χ1v) is 16.1. The van der Waals surface area contributed by atoms with Crippen molar-refractivity contribution in [3.8, 4) is 5.75 Å². The summed E-state index contributed by atoms with van der Waals surface area (Å²) in [5.41, 5.74) is 1.21. The van der Waals surface area contributed by atoms with Crippen LogP contribution in [0.4, 0.5) is 10.1 Å². The van der Waals surface area contributed by atoms with Crippen molar-refractivity contribution in [3.63, 3.8) is 0 Å². The van der Waals surface area contributed by atoms with E-state index in [9.17, 15) is 18.0 Å². The standard InChI is InChI=1S/C35H38FN3O5S/c1-26(2)23-37-35(41)33(22-27-12-6-4-7-13-27)38(24-28-14-10-11-17-32(28)36)34(40)25-39(29-18-20-30(44-3)21-19-29)45(42,43)31-15-8-5-9-16-31/h4-21,26,33H,22-25H2,1-3H3,(H,37,41)/t33-/m0/s1. The van der Waals surface area contributed by atoms with Gasteiger partial charge in [-0.25, -0.2) is 12.8 Å². The minimum atomic E-state index is -4.24. The third kappa shape index (κ3) is 8.69. The molecule has 0 aliphatic carbocycles. The van der Waals surface area contributed by atoms with E-state index in [2.05, 4.69) is 5.32 Å². The van der Waals surface area contributed by atoms with Crippen molar-refractivity contribution in [1.82, 2.24) is 10.2 Å². The second kappa shape index (κ2) is 15.3. The Bertz CT molecular complexity index is 1670. The molecule has 0 unspecified atom stereocenters. The molecule has 8 nitrogen and oxygen atoms in total. The van der Waals surface area contributed by atoms with E-state index in [4.69, 9.17) is 4.74 Å². The Morgan fingerprint density at radius 1 is 0.844 bits per heavy atom. The lowest BCUT2D eigenvalue weighted by Gasteiger charge is -2.34. The van der Waals surface area contributed by atoms with Crippen LogP contribution >= 0.6 is 0 Å². The highest BCUT2D eigenvalue weighted by Gasteiger charge is 2.35. The largest absolute Gasteiger partial charge is 0.497 e. The van der Waals surface area contributed by atoms with E-state index in [0.29, 0.717) is 12.3 Å². The third-order valence-electron chi connectivity index (χ3n) is 7.22. The monoisotopic (exact) mass is 631 g/mol. The number of rotatable bonds is 14. The van der Waals surface area contributed by atoms with Gasteiger partial charge in [-0.05, 0) is 53.9 Å². The van der Waals surface area contributed by atoms with Gasteiger partial charge in [-0.1, -0.05) is 80.6 Å². The molecule has 1 N–H and O–H groups in total. The molecule has 45 heavy (non-hydrogen) atoms. The van der Waals surface area contributed by atoms with E-state index >= 15 is 4.39 Å². The Kier molecular flexibility index (Phi) is 11.3. The van der Waals surface area contributed by atoms with Crippen LogP contribution in [0, 0.1) is 11.7 Å². The van der Waals surface area contributed by atoms with Crippen LogP contribution in [0.3, 0.4) is 0 Å². The zero-order valence-electron chi connectivity index (χ0n) is 25.6. The molecule has 0 aliphatic heterocycles. The van der Waals surface area contributed by atoms with Crippen LogP contribution in [0.15, 0.2) is 114 Å². The Labute approximate surface area is 264 Å². The number of nitrogens with zero attached hydrogens (tertiary/aromatic N) is 2. The van der Waals surface area contributed by atoms with Gasteiger partial charge in [0.1, 0.15) is 24.2 Å². The van der Waals surface area contributed by atoms with E-state index in [-0.39, 0.29) is 35.0 Å². The van der Waals surface area contributed by atoms with Crippen LogP contribution in [0.25, 0.3) is 0 Å². The number of halogens is 1. The molecule has 0 saturated heterocycles. The fraction of sp³-hybridized carbons (Fsp3) is 0.257. The molecule has 0 bridgehead atoms. The highest BCUT2D eigenvalue weighted by molar-refractivity contribution is 7.92. The normalized spacial score (nSPS) is 11.9. The number of methoxy groups -OCH3 is 1. The average molecular weight is 632 g/mol. The van der Waals surface area contributed by atoms with Crippen molar-refractivity contribution in [2.75, 3.05) is 24.5 Å². The molecule has 1 atom stereocenters. The minimum Gasteiger partial charge on any atom is -0.497 e. The zero-order chi connectivity index (χ0) is 32.4. The maximum absolute atomic E-state index is 15.0. The molecule has 0 radical (unpaired) electrons. The van der Waals surface area contributed by atoms with Crippen LogP contribution in [-0.2, 0) is 32.6 Å². The number of nitrogens with one attached hydrogen (secondary N) is 1. The van der Waals surface area contributed by atoms with Crippen molar-refractivity contribution in [2.45, 2.75) is 37.8 Å². The highest BCUT2D eigenvalue weighted by Crippen LogP contribution is 2.27. The van der Waals surface area contributed by atoms with Crippen LogP contribution in [0.1, 0.15) is 25.0 Å². The molecule has 4 aromatic rings. The minimum absolute atomic E-state index is 0.00946. The van der Waals surface area contributed by atoms with Gasteiger partial charge < -0.3 is 15.0 Å². The lowest BCUT2D eigenvalue weighted by Crippen LogP contribution is -2.53. The molecular weight excluding hydrogens is 593 g/mol. The molecule has 0 saturated carbocycles. The molecule has 0 spiro atoms. The number of carbonyl (C=O) groups is 2. The summed E-state index contributed by atoms with van der Waals surface area (Å²) in [5.74, 6) is -0.981. The van der Waals surface area contributed by atoms with Crippen molar-refractivity contribution >= 4 is 27.5 Å². The molecule has 0 fully saturated rings. The molecular formula is C35H38FN3O5S. The lowest BCUT2D eigenvalue weighted by molar-refractivity contribution is -0.140. The predicted octanol–water partition coefficient (Wildman–Crippen LogP) is 5.44. The SMILES string of the molecule is COc1ccc(N(CC(=O)N(Cc2ccccc2F)[C@@H](Cc2ccccc2)C(=O)NCC(C)C)S(=O)(=O)c2ccccc2)cc1. The Morgan fingerprint density at radius 3 is 2.04 bits per heavy atom. The molecule has 0 aliphatic rings. The number of amides is 2. The Hall–Kier alpha value is -4.70. The van der Waals surface area contributed by atoms with Crippen molar-refractivity contribution in [2.24, 2.45) is 5.92 Å². The molecule has 4 rings (SSSR count). The van der Waals surface area contributed by atoms with E-state index in [1.165, 1.54) is 30.2 Å². The van der Waals surface area contributed by atoms with Gasteiger partial charge in [-0.2, -0.15) is 0 Å². The fourth-order valence-corrected chi connectivity index (χ4v) is 6.22. The zero-order valence-corrected chi connectivity index (χ0v) is 26.4. The lowest BCUT2D eigenvalue weighted by atomic mass is 10.0. The fourth-order valence-electron chi connectivity index (χ4n) is 4.78. The first kappa shape index (κ1) is 33.2. The number of anilines is 1. The average Bonchev–Trinajstić information content (AvgIpc) is 3.05. The number of benzene rings is 4. The maximum atomic E-state index is 15.0. The molecule has 4 aromatic carbocycles. The van der Waals surface area contributed by atoms with Gasteiger partial charge >= 0.3 is 0 Å². The third-order valence-corrected chi connectivity index (χ3v) is 9.01. The first-order chi connectivity index (χ1) is 21.6. The van der Waals surface area contributed by atoms with E-state index in [1.807, 2.05) is 44.2 Å². The molecule has 0 aromatic heterocycles. The van der Waals surface area contributed by atoms with Crippen LogP contribution < -0.4 is 14.4 Å². The highest BCUT2D eigenvalue weighted by atomic mass is 32.2. The topological polar surface area (TPSA) is 96.0 Å². The number of ether oxygens (including phenoxy) is 1. The molecule has 2 amide bonds. The number of sulfonamides is 1. The summed E-state index contributed by atoms with van der Waals surface area (Å²) in [7, 11) is -2.74. The summed E-state index contributed by atoms with van der Waals surface area (Å²) in [6.07, 6.45) is 0.138. The van der Waals surface area contributed by atoms with Gasteiger partial charge in [-0.3, -0.25) is 13.9 Å².